The minimum Gasteiger partial charge on any atom is -0.380 e. The lowest BCUT2D eigenvalue weighted by atomic mass is 9.96. The van der Waals surface area contributed by atoms with E-state index in [9.17, 15) is 0 Å². The van der Waals surface area contributed by atoms with Crippen LogP contribution < -0.4 is 0 Å². The Bertz CT molecular complexity index is 635. The lowest BCUT2D eigenvalue weighted by Gasteiger charge is -2.25. The van der Waals surface area contributed by atoms with Gasteiger partial charge in [0.25, 0.3) is 0 Å². The Morgan fingerprint density at radius 2 is 1.95 bits per heavy atom. The van der Waals surface area contributed by atoms with Gasteiger partial charge in [-0.05, 0) is 43.2 Å². The molecule has 4 rings (SSSR count). The van der Waals surface area contributed by atoms with E-state index < -0.39 is 0 Å². The van der Waals surface area contributed by atoms with Crippen molar-refractivity contribution in [2.75, 3.05) is 14.1 Å². The Hall–Kier alpha value is -1.35. The molecule has 0 radical (unpaired) electrons. The van der Waals surface area contributed by atoms with E-state index in [0.717, 1.165) is 17.4 Å². The smallest absolute Gasteiger partial charge is 0.122 e. The van der Waals surface area contributed by atoms with Crippen molar-refractivity contribution in [1.82, 2.24) is 9.88 Å². The van der Waals surface area contributed by atoms with Gasteiger partial charge in [-0.3, -0.25) is 0 Å². The van der Waals surface area contributed by atoms with Gasteiger partial charge in [-0.15, -0.1) is 11.3 Å². The van der Waals surface area contributed by atoms with Gasteiger partial charge in [-0.2, -0.15) is 0 Å². The van der Waals surface area contributed by atoms with Crippen molar-refractivity contribution >= 4 is 27.1 Å². The number of aromatic nitrogens is 1. The predicted octanol–water partition coefficient (Wildman–Crippen LogP) is 4.00. The second-order valence-corrected chi connectivity index (χ2v) is 6.92. The highest BCUT2D eigenvalue weighted by atomic mass is 32.1. The highest BCUT2D eigenvalue weighted by Crippen LogP contribution is 2.53. The maximum atomic E-state index is 4.88. The zero-order valence-corrected chi connectivity index (χ0v) is 12.2. The fourth-order valence-corrected chi connectivity index (χ4v) is 4.90. The van der Waals surface area contributed by atoms with Crippen LogP contribution in [0.15, 0.2) is 30.0 Å². The van der Waals surface area contributed by atoms with Crippen molar-refractivity contribution in [1.29, 1.82) is 0 Å². The van der Waals surface area contributed by atoms with Gasteiger partial charge >= 0.3 is 0 Å². The molecule has 1 fully saturated rings. The zero-order valence-electron chi connectivity index (χ0n) is 11.4. The first kappa shape index (κ1) is 11.5. The van der Waals surface area contributed by atoms with E-state index in [-0.39, 0.29) is 0 Å². The molecule has 3 heteroatoms. The second kappa shape index (κ2) is 4.07. The summed E-state index contributed by atoms with van der Waals surface area (Å²) in [7, 11) is 4.37. The van der Waals surface area contributed by atoms with Gasteiger partial charge in [0.1, 0.15) is 5.01 Å². The molecule has 2 aromatic rings. The molecule has 2 bridgehead atoms. The number of nitrogens with zero attached hydrogens (tertiary/aromatic N) is 2. The van der Waals surface area contributed by atoms with Crippen molar-refractivity contribution in [3.63, 3.8) is 0 Å². The third kappa shape index (κ3) is 1.64. The van der Waals surface area contributed by atoms with Crippen LogP contribution in [0.25, 0.3) is 15.8 Å². The number of hydrogen-bond acceptors (Lipinski definition) is 3. The van der Waals surface area contributed by atoms with E-state index in [1.807, 2.05) is 11.3 Å². The van der Waals surface area contributed by atoms with Gasteiger partial charge in [-0.1, -0.05) is 12.1 Å². The van der Waals surface area contributed by atoms with Crippen LogP contribution in [0.5, 0.6) is 0 Å². The SMILES string of the molecule is CN(C)C1=C(c2nc3ccccc3s2)[C@H]2CC[C@@H]1C2. The van der Waals surface area contributed by atoms with E-state index in [4.69, 9.17) is 4.98 Å². The molecule has 2 nitrogen and oxygen atoms in total. The average Bonchev–Trinajstić information content (AvgIpc) is 3.10. The van der Waals surface area contributed by atoms with Crippen LogP contribution in [0.1, 0.15) is 24.3 Å². The lowest BCUT2D eigenvalue weighted by molar-refractivity contribution is 0.430. The van der Waals surface area contributed by atoms with Crippen molar-refractivity contribution in [2.45, 2.75) is 19.3 Å². The first-order valence-corrected chi connectivity index (χ1v) is 7.83. The highest BCUT2D eigenvalue weighted by molar-refractivity contribution is 7.19. The number of thiazole rings is 1. The van der Waals surface area contributed by atoms with E-state index in [1.165, 1.54) is 29.0 Å². The molecule has 1 aromatic heterocycles. The Kier molecular flexibility index (Phi) is 2.46. The topological polar surface area (TPSA) is 16.1 Å². The van der Waals surface area contributed by atoms with Gasteiger partial charge in [-0.25, -0.2) is 4.98 Å². The summed E-state index contributed by atoms with van der Waals surface area (Å²) in [6.07, 6.45) is 4.07. The van der Waals surface area contributed by atoms with E-state index in [2.05, 4.69) is 43.3 Å². The number of rotatable bonds is 2. The molecule has 0 saturated heterocycles. The van der Waals surface area contributed by atoms with Crippen molar-refractivity contribution in [3.05, 3.63) is 35.0 Å². The molecule has 0 N–H and O–H groups in total. The van der Waals surface area contributed by atoms with Gasteiger partial charge in [0.15, 0.2) is 0 Å². The van der Waals surface area contributed by atoms with Gasteiger partial charge in [0, 0.05) is 25.4 Å². The highest BCUT2D eigenvalue weighted by Gasteiger charge is 2.41. The summed E-state index contributed by atoms with van der Waals surface area (Å²) in [6.45, 7) is 0. The number of hydrogen-bond donors (Lipinski definition) is 0. The number of para-hydroxylation sites is 1. The normalized spacial score (nSPS) is 25.6. The Balaban J connectivity index is 1.90. The molecule has 2 aliphatic carbocycles. The van der Waals surface area contributed by atoms with Crippen LogP contribution in [-0.2, 0) is 0 Å². The second-order valence-electron chi connectivity index (χ2n) is 5.89. The summed E-state index contributed by atoms with van der Waals surface area (Å²) in [6, 6.07) is 8.48. The summed E-state index contributed by atoms with van der Waals surface area (Å²) >= 11 is 1.86. The molecular formula is C16H18N2S. The molecule has 98 valence electrons. The fourth-order valence-electron chi connectivity index (χ4n) is 3.80. The van der Waals surface area contributed by atoms with Crippen LogP contribution >= 0.6 is 11.3 Å². The monoisotopic (exact) mass is 270 g/mol. The predicted molar refractivity (Wildman–Crippen MR) is 81.1 cm³/mol. The Morgan fingerprint density at radius 1 is 1.16 bits per heavy atom. The number of fused-ring (bicyclic) bond motifs is 3. The van der Waals surface area contributed by atoms with Gasteiger partial charge in [0.05, 0.1) is 10.2 Å². The van der Waals surface area contributed by atoms with Crippen molar-refractivity contribution < 1.29 is 0 Å². The summed E-state index contributed by atoms with van der Waals surface area (Å²) in [5.74, 6) is 1.53. The largest absolute Gasteiger partial charge is 0.380 e. The van der Waals surface area contributed by atoms with E-state index in [0.29, 0.717) is 0 Å². The van der Waals surface area contributed by atoms with Crippen LogP contribution in [0, 0.1) is 11.8 Å². The fraction of sp³-hybridized carbons (Fsp3) is 0.438. The Labute approximate surface area is 117 Å². The summed E-state index contributed by atoms with van der Waals surface area (Å²) in [5.41, 5.74) is 4.24. The molecule has 1 aromatic carbocycles. The summed E-state index contributed by atoms with van der Waals surface area (Å²) < 4.78 is 1.31. The molecule has 2 atom stereocenters. The molecule has 0 spiro atoms. The minimum atomic E-state index is 0.753. The standard InChI is InChI=1S/C16H18N2S/c1-18(2)15-11-8-7-10(9-11)14(15)16-17-12-5-3-4-6-13(12)19-16/h3-6,10-11H,7-9H2,1-2H3/t10-,11+/m0/s1. The maximum Gasteiger partial charge on any atom is 0.122 e. The van der Waals surface area contributed by atoms with Crippen molar-refractivity contribution in [2.24, 2.45) is 11.8 Å². The van der Waals surface area contributed by atoms with Crippen LogP contribution in [0.2, 0.25) is 0 Å². The Morgan fingerprint density at radius 3 is 2.74 bits per heavy atom. The molecule has 0 amide bonds. The van der Waals surface area contributed by atoms with Crippen molar-refractivity contribution in [3.8, 4) is 0 Å². The van der Waals surface area contributed by atoms with E-state index >= 15 is 0 Å². The molecule has 1 saturated carbocycles. The average molecular weight is 270 g/mol. The molecule has 0 aliphatic heterocycles. The van der Waals surface area contributed by atoms with Crippen LogP contribution in [-0.4, -0.2) is 24.0 Å². The number of allylic oxidation sites excluding steroid dienone is 2. The quantitative estimate of drug-likeness (QED) is 0.820. The molecule has 2 aliphatic rings. The zero-order chi connectivity index (χ0) is 13.0. The third-order valence-corrected chi connectivity index (χ3v) is 5.58. The summed E-state index contributed by atoms with van der Waals surface area (Å²) in [4.78, 5) is 7.20. The molecule has 19 heavy (non-hydrogen) atoms. The minimum absolute atomic E-state index is 0.753. The van der Waals surface area contributed by atoms with Gasteiger partial charge < -0.3 is 4.90 Å². The lowest BCUT2D eigenvalue weighted by Crippen LogP contribution is -2.18. The third-order valence-electron chi connectivity index (χ3n) is 4.51. The first-order valence-electron chi connectivity index (χ1n) is 7.01. The molecular weight excluding hydrogens is 252 g/mol. The molecule has 1 heterocycles. The van der Waals surface area contributed by atoms with Crippen LogP contribution in [0.4, 0.5) is 0 Å². The number of benzene rings is 1. The van der Waals surface area contributed by atoms with Gasteiger partial charge in [0.2, 0.25) is 0 Å². The maximum absolute atomic E-state index is 4.88. The van der Waals surface area contributed by atoms with Crippen LogP contribution in [0.3, 0.4) is 0 Å². The summed E-state index contributed by atoms with van der Waals surface area (Å²) in [5, 5.41) is 1.26. The van der Waals surface area contributed by atoms with E-state index in [1.54, 1.807) is 11.3 Å². The molecule has 0 unspecified atom stereocenters. The first-order chi connectivity index (χ1) is 9.24.